The molecule has 0 saturated carbocycles. The third kappa shape index (κ3) is 5.58. The first-order valence-electron chi connectivity index (χ1n) is 15.6. The molecule has 7 rings (SSSR count). The van der Waals surface area contributed by atoms with E-state index in [2.05, 4.69) is 52.1 Å². The molecule has 0 aliphatic carbocycles. The van der Waals surface area contributed by atoms with E-state index in [1.54, 1.807) is 20.3 Å². The van der Waals surface area contributed by atoms with Gasteiger partial charge in [0.25, 0.3) is 0 Å². The molecule has 238 valence electrons. The summed E-state index contributed by atoms with van der Waals surface area (Å²) in [5, 5.41) is 6.33. The Morgan fingerprint density at radius 1 is 0.750 bits per heavy atom. The van der Waals surface area contributed by atoms with Crippen LogP contribution < -0.4 is 9.47 Å². The standard InChI is InChI=1S/C40H34N4O4/c1-24-8-6-7-9-32(24)40(45)48-43-25(2)28-14-20-35-33(22-28)34-23-29(15-21-36(34)44(35)3)39-41-37(26-10-16-30(46-4)17-11-26)38(42-39)27-12-18-31(47-5)19-13-27/h6-23H,1-5H3,(H,41,42). The summed E-state index contributed by atoms with van der Waals surface area (Å²) in [5.41, 5.74) is 9.62. The number of aromatic amines is 1. The predicted octanol–water partition coefficient (Wildman–Crippen LogP) is 8.96. The van der Waals surface area contributed by atoms with Gasteiger partial charge in [0.05, 0.1) is 36.9 Å². The van der Waals surface area contributed by atoms with Gasteiger partial charge in [-0.1, -0.05) is 29.4 Å². The van der Waals surface area contributed by atoms with E-state index in [1.807, 2.05) is 86.6 Å². The van der Waals surface area contributed by atoms with Crippen LogP contribution in [0.2, 0.25) is 0 Å². The van der Waals surface area contributed by atoms with Crippen molar-refractivity contribution in [2.45, 2.75) is 13.8 Å². The highest BCUT2D eigenvalue weighted by atomic mass is 16.7. The fourth-order valence-corrected chi connectivity index (χ4v) is 6.04. The van der Waals surface area contributed by atoms with Gasteiger partial charge in [-0.25, -0.2) is 9.78 Å². The Morgan fingerprint density at radius 3 is 2.02 bits per heavy atom. The molecule has 2 aromatic heterocycles. The summed E-state index contributed by atoms with van der Waals surface area (Å²) in [7, 11) is 5.38. The van der Waals surface area contributed by atoms with E-state index >= 15 is 0 Å². The number of aromatic nitrogens is 3. The number of hydrogen-bond donors (Lipinski definition) is 1. The summed E-state index contributed by atoms with van der Waals surface area (Å²) in [6.45, 7) is 3.71. The zero-order valence-electron chi connectivity index (χ0n) is 27.4. The van der Waals surface area contributed by atoms with Crippen LogP contribution in [-0.2, 0) is 11.9 Å². The lowest BCUT2D eigenvalue weighted by molar-refractivity contribution is 0.0515. The number of hydrogen-bond acceptors (Lipinski definition) is 6. The molecule has 0 aliphatic rings. The monoisotopic (exact) mass is 634 g/mol. The molecule has 7 aromatic rings. The fourth-order valence-electron chi connectivity index (χ4n) is 6.04. The van der Waals surface area contributed by atoms with E-state index in [0.717, 1.165) is 78.3 Å². The Kier molecular flexibility index (Phi) is 7.98. The smallest absolute Gasteiger partial charge is 0.365 e. The summed E-state index contributed by atoms with van der Waals surface area (Å²) in [5.74, 6) is 1.84. The zero-order chi connectivity index (χ0) is 33.4. The minimum atomic E-state index is -0.482. The van der Waals surface area contributed by atoms with Gasteiger partial charge in [-0.2, -0.15) is 0 Å². The minimum Gasteiger partial charge on any atom is -0.497 e. The first kappa shape index (κ1) is 30.5. The molecule has 0 radical (unpaired) electrons. The largest absolute Gasteiger partial charge is 0.497 e. The first-order valence-corrected chi connectivity index (χ1v) is 15.6. The van der Waals surface area contributed by atoms with Crippen molar-refractivity contribution in [3.05, 3.63) is 126 Å². The van der Waals surface area contributed by atoms with Gasteiger partial charge in [-0.15, -0.1) is 0 Å². The minimum absolute atomic E-state index is 0.482. The Bertz CT molecular complexity index is 2270. The van der Waals surface area contributed by atoms with Crippen LogP contribution >= 0.6 is 0 Å². The maximum atomic E-state index is 12.7. The molecule has 8 nitrogen and oxygen atoms in total. The van der Waals surface area contributed by atoms with E-state index in [0.29, 0.717) is 11.3 Å². The maximum Gasteiger partial charge on any atom is 0.365 e. The number of benzene rings is 5. The molecular weight excluding hydrogens is 600 g/mol. The number of carbonyl (C=O) groups excluding carboxylic acids is 1. The number of carbonyl (C=O) groups is 1. The lowest BCUT2D eigenvalue weighted by Gasteiger charge is -2.06. The van der Waals surface area contributed by atoms with Crippen LogP contribution in [-0.4, -0.2) is 40.4 Å². The highest BCUT2D eigenvalue weighted by Crippen LogP contribution is 2.37. The summed E-state index contributed by atoms with van der Waals surface area (Å²) in [4.78, 5) is 26.8. The number of aryl methyl sites for hydroxylation is 2. The van der Waals surface area contributed by atoms with Gasteiger partial charge < -0.3 is 23.9 Å². The number of ether oxygens (including phenoxy) is 2. The summed E-state index contributed by atoms with van der Waals surface area (Å²) in [6.07, 6.45) is 0. The van der Waals surface area contributed by atoms with Crippen molar-refractivity contribution in [2.75, 3.05) is 14.2 Å². The lowest BCUT2D eigenvalue weighted by atomic mass is 10.0. The number of nitrogens with one attached hydrogen (secondary N) is 1. The molecule has 8 heteroatoms. The molecule has 5 aromatic carbocycles. The second kappa shape index (κ2) is 12.6. The van der Waals surface area contributed by atoms with Crippen LogP contribution in [0.3, 0.4) is 0 Å². The molecular formula is C40H34N4O4. The van der Waals surface area contributed by atoms with Crippen molar-refractivity contribution in [3.8, 4) is 45.4 Å². The average molecular weight is 635 g/mol. The molecule has 1 N–H and O–H groups in total. The van der Waals surface area contributed by atoms with E-state index in [-0.39, 0.29) is 0 Å². The van der Waals surface area contributed by atoms with Gasteiger partial charge in [-0.3, -0.25) is 0 Å². The van der Waals surface area contributed by atoms with E-state index in [9.17, 15) is 4.79 Å². The highest BCUT2D eigenvalue weighted by molar-refractivity contribution is 6.12. The number of methoxy groups -OCH3 is 2. The maximum absolute atomic E-state index is 12.7. The number of fused-ring (bicyclic) bond motifs is 3. The van der Waals surface area contributed by atoms with Crippen LogP contribution in [0.5, 0.6) is 11.5 Å². The highest BCUT2D eigenvalue weighted by Gasteiger charge is 2.18. The van der Waals surface area contributed by atoms with Crippen LogP contribution in [0.4, 0.5) is 0 Å². The Labute approximate surface area is 278 Å². The second-order valence-corrected chi connectivity index (χ2v) is 11.7. The number of H-pyrrole nitrogens is 1. The molecule has 0 atom stereocenters. The number of nitrogens with zero attached hydrogens (tertiary/aromatic N) is 3. The number of rotatable bonds is 8. The summed E-state index contributed by atoms with van der Waals surface area (Å²) < 4.78 is 13.0. The second-order valence-electron chi connectivity index (χ2n) is 11.7. The van der Waals surface area contributed by atoms with Gasteiger partial charge in [0.15, 0.2) is 0 Å². The van der Waals surface area contributed by atoms with Crippen molar-refractivity contribution >= 4 is 33.5 Å². The molecule has 0 unspecified atom stereocenters. The molecule has 0 spiro atoms. The fraction of sp³-hybridized carbons (Fsp3) is 0.125. The van der Waals surface area contributed by atoms with Crippen molar-refractivity contribution in [2.24, 2.45) is 12.2 Å². The predicted molar refractivity (Wildman–Crippen MR) is 191 cm³/mol. The number of imidazole rings is 1. The third-order valence-corrected chi connectivity index (χ3v) is 8.77. The molecule has 0 bridgehead atoms. The summed E-state index contributed by atoms with van der Waals surface area (Å²) >= 11 is 0. The molecule has 0 saturated heterocycles. The van der Waals surface area contributed by atoms with E-state index in [4.69, 9.17) is 19.3 Å². The van der Waals surface area contributed by atoms with Gasteiger partial charge in [0.1, 0.15) is 17.3 Å². The average Bonchev–Trinajstić information content (AvgIpc) is 3.70. The first-order chi connectivity index (χ1) is 23.3. The van der Waals surface area contributed by atoms with Gasteiger partial charge >= 0.3 is 5.97 Å². The van der Waals surface area contributed by atoms with Gasteiger partial charge in [0, 0.05) is 45.5 Å². The topological polar surface area (TPSA) is 90.7 Å². The SMILES string of the molecule is COc1ccc(-c2nc(-c3ccc4c(c3)c3cc(C(C)=NOC(=O)c5ccccc5C)ccc3n4C)[nH]c2-c2ccc(OC)cc2)cc1. The molecule has 0 amide bonds. The van der Waals surface area contributed by atoms with Crippen LogP contribution in [0.1, 0.15) is 28.4 Å². The Hall–Kier alpha value is -6.15. The van der Waals surface area contributed by atoms with Crippen molar-refractivity contribution in [1.29, 1.82) is 0 Å². The van der Waals surface area contributed by atoms with Gasteiger partial charge in [0.2, 0.25) is 0 Å². The lowest BCUT2D eigenvalue weighted by Crippen LogP contribution is -2.05. The normalized spacial score (nSPS) is 11.6. The van der Waals surface area contributed by atoms with Gasteiger partial charge in [-0.05, 0) is 110 Å². The number of oxime groups is 1. The van der Waals surface area contributed by atoms with E-state index < -0.39 is 5.97 Å². The van der Waals surface area contributed by atoms with Crippen LogP contribution in [0.15, 0.2) is 114 Å². The van der Waals surface area contributed by atoms with E-state index in [1.165, 1.54) is 0 Å². The summed E-state index contributed by atoms with van der Waals surface area (Å²) in [6, 6.07) is 35.7. The van der Waals surface area contributed by atoms with Crippen molar-refractivity contribution < 1.29 is 19.1 Å². The molecule has 2 heterocycles. The van der Waals surface area contributed by atoms with Crippen molar-refractivity contribution in [1.82, 2.24) is 14.5 Å². The third-order valence-electron chi connectivity index (χ3n) is 8.77. The quantitative estimate of drug-likeness (QED) is 0.102. The van der Waals surface area contributed by atoms with Crippen LogP contribution in [0.25, 0.3) is 55.7 Å². The Balaban J connectivity index is 1.29. The Morgan fingerprint density at radius 2 is 1.35 bits per heavy atom. The molecule has 48 heavy (non-hydrogen) atoms. The van der Waals surface area contributed by atoms with Crippen LogP contribution in [0, 0.1) is 6.92 Å². The molecule has 0 aliphatic heterocycles. The zero-order valence-corrected chi connectivity index (χ0v) is 27.4. The van der Waals surface area contributed by atoms with Crippen molar-refractivity contribution in [3.63, 3.8) is 0 Å². The molecule has 0 fully saturated rings.